The van der Waals surface area contributed by atoms with Crippen molar-refractivity contribution in [2.24, 2.45) is 0 Å². The smallest absolute Gasteiger partial charge is 0.254 e. The zero-order valence-electron chi connectivity index (χ0n) is 16.0. The van der Waals surface area contributed by atoms with E-state index in [0.717, 1.165) is 43.9 Å². The van der Waals surface area contributed by atoms with E-state index in [2.05, 4.69) is 10.0 Å². The van der Waals surface area contributed by atoms with E-state index in [0.29, 0.717) is 6.61 Å². The van der Waals surface area contributed by atoms with Gasteiger partial charge in [0.15, 0.2) is 0 Å². The van der Waals surface area contributed by atoms with Gasteiger partial charge in [-0.05, 0) is 44.9 Å². The molecule has 0 unspecified atom stereocenters. The average molecular weight is 401 g/mol. The summed E-state index contributed by atoms with van der Waals surface area (Å²) in [6.45, 7) is 3.97. The molecule has 1 fully saturated rings. The van der Waals surface area contributed by atoms with Crippen LogP contribution in [0.25, 0.3) is 0 Å². The highest BCUT2D eigenvalue weighted by Crippen LogP contribution is 2.19. The van der Waals surface area contributed by atoms with Crippen LogP contribution >= 0.6 is 0 Å². The third-order valence-corrected chi connectivity index (χ3v) is 6.08. The van der Waals surface area contributed by atoms with Crippen molar-refractivity contribution in [2.75, 3.05) is 13.2 Å². The van der Waals surface area contributed by atoms with Gasteiger partial charge in [-0.3, -0.25) is 4.79 Å². The molecule has 27 heavy (non-hydrogen) atoms. The van der Waals surface area contributed by atoms with Crippen LogP contribution in [-0.2, 0) is 14.8 Å². The number of carbonyl (C=O) groups excluding carboxylic acids is 1. The Morgan fingerprint density at radius 2 is 1.89 bits per heavy atom. The van der Waals surface area contributed by atoms with Crippen molar-refractivity contribution in [3.63, 3.8) is 0 Å². The Balaban J connectivity index is 1.92. The lowest BCUT2D eigenvalue weighted by Gasteiger charge is -2.15. The number of ether oxygens (including phenoxy) is 1. The minimum absolute atomic E-state index is 0.141. The summed E-state index contributed by atoms with van der Waals surface area (Å²) < 4.78 is 46.6. The van der Waals surface area contributed by atoms with Crippen LogP contribution in [0, 0.1) is 5.82 Å². The van der Waals surface area contributed by atoms with E-state index >= 15 is 0 Å². The largest absolute Gasteiger partial charge is 0.376 e. The molecule has 0 spiro atoms. The van der Waals surface area contributed by atoms with Gasteiger partial charge >= 0.3 is 0 Å². The molecule has 1 saturated carbocycles. The summed E-state index contributed by atoms with van der Waals surface area (Å²) in [4.78, 5) is 12.1. The van der Waals surface area contributed by atoms with Gasteiger partial charge in [-0.2, -0.15) is 0 Å². The standard InChI is InChI=1S/C19H29FN2O4S/c1-14(2)22-27(24,25)16-9-10-18(20)17(13-16)19(23)21-11-12-26-15-7-5-3-4-6-8-15/h9-10,13-15,22H,3-8,11-12H2,1-2H3,(H,21,23). The Kier molecular flexibility index (Phi) is 8.19. The van der Waals surface area contributed by atoms with Crippen LogP contribution in [0.4, 0.5) is 4.39 Å². The molecule has 0 heterocycles. The van der Waals surface area contributed by atoms with E-state index in [1.807, 2.05) is 0 Å². The van der Waals surface area contributed by atoms with Crippen LogP contribution in [0.1, 0.15) is 62.7 Å². The summed E-state index contributed by atoms with van der Waals surface area (Å²) in [5, 5.41) is 2.60. The van der Waals surface area contributed by atoms with Crippen LogP contribution in [0.5, 0.6) is 0 Å². The molecule has 2 N–H and O–H groups in total. The SMILES string of the molecule is CC(C)NS(=O)(=O)c1ccc(F)c(C(=O)NCCOC2CCCCCC2)c1. The third-order valence-electron chi connectivity index (χ3n) is 4.43. The van der Waals surface area contributed by atoms with Crippen LogP contribution in [0.2, 0.25) is 0 Å². The van der Waals surface area contributed by atoms with Gasteiger partial charge in [0.05, 0.1) is 23.2 Å². The third kappa shape index (κ3) is 6.86. The molecule has 0 aliphatic heterocycles. The second-order valence-electron chi connectivity index (χ2n) is 7.16. The number of hydrogen-bond donors (Lipinski definition) is 2. The molecule has 6 nitrogen and oxygen atoms in total. The van der Waals surface area contributed by atoms with Gasteiger partial charge < -0.3 is 10.1 Å². The molecular weight excluding hydrogens is 371 g/mol. The van der Waals surface area contributed by atoms with E-state index in [-0.39, 0.29) is 29.1 Å². The van der Waals surface area contributed by atoms with Crippen LogP contribution in [-0.4, -0.2) is 39.6 Å². The predicted octanol–water partition coefficient (Wildman–Crippen LogP) is 2.98. The first kappa shape index (κ1) is 21.8. The van der Waals surface area contributed by atoms with Crippen molar-refractivity contribution in [3.05, 3.63) is 29.6 Å². The highest BCUT2D eigenvalue weighted by molar-refractivity contribution is 7.89. The molecule has 0 saturated heterocycles. The zero-order chi connectivity index (χ0) is 19.9. The van der Waals surface area contributed by atoms with Gasteiger partial charge in [0, 0.05) is 12.6 Å². The van der Waals surface area contributed by atoms with E-state index in [1.165, 1.54) is 12.8 Å². The number of benzene rings is 1. The molecule has 0 radical (unpaired) electrons. The monoisotopic (exact) mass is 400 g/mol. The van der Waals surface area contributed by atoms with E-state index in [9.17, 15) is 17.6 Å². The molecule has 0 aromatic heterocycles. The lowest BCUT2D eigenvalue weighted by molar-refractivity contribution is 0.0441. The molecule has 1 aromatic carbocycles. The van der Waals surface area contributed by atoms with Crippen molar-refractivity contribution in [1.82, 2.24) is 10.0 Å². The summed E-state index contributed by atoms with van der Waals surface area (Å²) in [7, 11) is -3.80. The molecule has 1 aliphatic carbocycles. The number of sulfonamides is 1. The fourth-order valence-electron chi connectivity index (χ4n) is 3.12. The Bertz CT molecular complexity index is 729. The zero-order valence-corrected chi connectivity index (χ0v) is 16.8. The van der Waals surface area contributed by atoms with E-state index in [4.69, 9.17) is 4.74 Å². The number of nitrogens with one attached hydrogen (secondary N) is 2. The second kappa shape index (κ2) is 10.1. The molecule has 152 valence electrons. The Hall–Kier alpha value is -1.51. The topological polar surface area (TPSA) is 84.5 Å². The van der Waals surface area contributed by atoms with E-state index in [1.54, 1.807) is 13.8 Å². The highest BCUT2D eigenvalue weighted by atomic mass is 32.2. The minimum Gasteiger partial charge on any atom is -0.376 e. The van der Waals surface area contributed by atoms with Crippen LogP contribution in [0.3, 0.4) is 0 Å². The number of hydrogen-bond acceptors (Lipinski definition) is 4. The van der Waals surface area contributed by atoms with Crippen molar-refractivity contribution in [2.45, 2.75) is 69.4 Å². The molecule has 1 aliphatic rings. The maximum absolute atomic E-state index is 14.0. The highest BCUT2D eigenvalue weighted by Gasteiger charge is 2.20. The van der Waals surface area contributed by atoms with Gasteiger partial charge in [0.1, 0.15) is 5.82 Å². The number of carbonyl (C=O) groups is 1. The van der Waals surface area contributed by atoms with Crippen molar-refractivity contribution in [3.8, 4) is 0 Å². The van der Waals surface area contributed by atoms with Gasteiger partial charge in [-0.15, -0.1) is 0 Å². The first-order valence-electron chi connectivity index (χ1n) is 9.51. The molecule has 1 amide bonds. The maximum Gasteiger partial charge on any atom is 0.254 e. The van der Waals surface area contributed by atoms with Crippen LogP contribution in [0.15, 0.2) is 23.1 Å². The molecule has 0 bridgehead atoms. The maximum atomic E-state index is 14.0. The molecule has 0 atom stereocenters. The normalized spacial score (nSPS) is 16.3. The molecule has 8 heteroatoms. The first-order chi connectivity index (χ1) is 12.8. The molecular formula is C19H29FN2O4S. The second-order valence-corrected chi connectivity index (χ2v) is 8.87. The number of halogens is 1. The van der Waals surface area contributed by atoms with Crippen molar-refractivity contribution >= 4 is 15.9 Å². The van der Waals surface area contributed by atoms with Crippen molar-refractivity contribution in [1.29, 1.82) is 0 Å². The number of amides is 1. The minimum atomic E-state index is -3.80. The Morgan fingerprint density at radius 3 is 2.52 bits per heavy atom. The molecule has 1 aromatic rings. The van der Waals surface area contributed by atoms with Crippen LogP contribution < -0.4 is 10.0 Å². The Labute approximate surface area is 160 Å². The first-order valence-corrected chi connectivity index (χ1v) is 11.0. The predicted molar refractivity (Wildman–Crippen MR) is 102 cm³/mol. The van der Waals surface area contributed by atoms with Gasteiger partial charge in [0.25, 0.3) is 5.91 Å². The van der Waals surface area contributed by atoms with Gasteiger partial charge in [-0.25, -0.2) is 17.5 Å². The Morgan fingerprint density at radius 1 is 1.22 bits per heavy atom. The van der Waals surface area contributed by atoms with Gasteiger partial charge in [0.2, 0.25) is 10.0 Å². The lowest BCUT2D eigenvalue weighted by atomic mass is 10.1. The summed E-state index contributed by atoms with van der Waals surface area (Å²) in [6.07, 6.45) is 7.08. The quantitative estimate of drug-likeness (QED) is 0.519. The fourth-order valence-corrected chi connectivity index (χ4v) is 4.39. The lowest BCUT2D eigenvalue weighted by Crippen LogP contribution is -2.31. The van der Waals surface area contributed by atoms with Crippen molar-refractivity contribution < 1.29 is 22.3 Å². The average Bonchev–Trinajstić information content (AvgIpc) is 2.86. The van der Waals surface area contributed by atoms with E-state index < -0.39 is 21.7 Å². The number of rotatable bonds is 8. The summed E-state index contributed by atoms with van der Waals surface area (Å²) in [5.74, 6) is -1.42. The summed E-state index contributed by atoms with van der Waals surface area (Å²) in [6, 6.07) is 2.89. The molecule has 2 rings (SSSR count). The fraction of sp³-hybridized carbons (Fsp3) is 0.632. The summed E-state index contributed by atoms with van der Waals surface area (Å²) >= 11 is 0. The van der Waals surface area contributed by atoms with Gasteiger partial charge in [-0.1, -0.05) is 25.7 Å². The summed E-state index contributed by atoms with van der Waals surface area (Å²) in [5.41, 5.74) is -0.295.